The first-order valence-corrected chi connectivity index (χ1v) is 7.06. The molecule has 0 fully saturated rings. The molecular formula is C17H13FN2O4. The molecule has 0 aliphatic carbocycles. The Morgan fingerprint density at radius 3 is 2.46 bits per heavy atom. The SMILES string of the molecule is CN1C(=O)C(OC(=O)c2ccccc2)(/C(F)=N/O)c2ccccc21. The van der Waals surface area contributed by atoms with Gasteiger partial charge in [-0.05, 0) is 18.2 Å². The molecule has 2 aromatic carbocycles. The third-order valence-corrected chi connectivity index (χ3v) is 3.88. The number of likely N-dealkylation sites (N-methyl/N-ethyl adjacent to an activating group) is 1. The van der Waals surface area contributed by atoms with E-state index in [1.54, 1.807) is 36.4 Å². The van der Waals surface area contributed by atoms with E-state index in [0.29, 0.717) is 5.69 Å². The van der Waals surface area contributed by atoms with Gasteiger partial charge in [0.25, 0.3) is 17.5 Å². The quantitative estimate of drug-likeness (QED) is 0.406. The molecular weight excluding hydrogens is 315 g/mol. The van der Waals surface area contributed by atoms with Crippen LogP contribution >= 0.6 is 0 Å². The van der Waals surface area contributed by atoms with Crippen LogP contribution in [0, 0.1) is 0 Å². The molecule has 0 aromatic heterocycles. The fourth-order valence-corrected chi connectivity index (χ4v) is 2.71. The lowest BCUT2D eigenvalue weighted by molar-refractivity contribution is -0.131. The number of fused-ring (bicyclic) bond motifs is 1. The van der Waals surface area contributed by atoms with Crippen LogP contribution in [0.4, 0.5) is 10.1 Å². The second kappa shape index (κ2) is 5.77. The van der Waals surface area contributed by atoms with E-state index >= 15 is 0 Å². The van der Waals surface area contributed by atoms with Crippen molar-refractivity contribution in [2.75, 3.05) is 11.9 Å². The highest BCUT2D eigenvalue weighted by Gasteiger charge is 2.58. The Bertz CT molecular complexity index is 837. The molecule has 0 saturated heterocycles. The number of carbonyl (C=O) groups is 2. The monoisotopic (exact) mass is 328 g/mol. The molecule has 2 aromatic rings. The molecule has 6 nitrogen and oxygen atoms in total. The van der Waals surface area contributed by atoms with Crippen molar-refractivity contribution in [3.8, 4) is 0 Å². The van der Waals surface area contributed by atoms with E-state index in [4.69, 9.17) is 9.94 Å². The number of benzene rings is 2. The van der Waals surface area contributed by atoms with Crippen molar-refractivity contribution in [1.82, 2.24) is 0 Å². The molecule has 1 N–H and O–H groups in total. The van der Waals surface area contributed by atoms with E-state index in [1.807, 2.05) is 0 Å². The Labute approximate surface area is 136 Å². The summed E-state index contributed by atoms with van der Waals surface area (Å²) in [5, 5.41) is 11.4. The van der Waals surface area contributed by atoms with Gasteiger partial charge in [0.05, 0.1) is 11.3 Å². The van der Waals surface area contributed by atoms with E-state index in [1.165, 1.54) is 25.2 Å². The van der Waals surface area contributed by atoms with Gasteiger partial charge in [-0.25, -0.2) is 4.79 Å². The Balaban J connectivity index is 2.14. The van der Waals surface area contributed by atoms with Gasteiger partial charge in [-0.2, -0.15) is 4.39 Å². The van der Waals surface area contributed by atoms with Crippen molar-refractivity contribution in [3.05, 3.63) is 65.7 Å². The number of hydrogen-bond donors (Lipinski definition) is 1. The normalized spacial score (nSPS) is 20.0. The minimum atomic E-state index is -2.44. The summed E-state index contributed by atoms with van der Waals surface area (Å²) in [7, 11) is 1.42. The van der Waals surface area contributed by atoms with Crippen molar-refractivity contribution in [2.45, 2.75) is 5.60 Å². The number of esters is 1. The average Bonchev–Trinajstić information content (AvgIpc) is 2.85. The standard InChI is InChI=1S/C17H13FN2O4/c1-20-13-10-6-5-9-12(13)17(16(20)22,15(18)19-23)24-14(21)11-7-3-2-4-8-11/h2-10,23H,1H3/b19-15-. The molecule has 24 heavy (non-hydrogen) atoms. The van der Waals surface area contributed by atoms with E-state index < -0.39 is 23.4 Å². The lowest BCUT2D eigenvalue weighted by Crippen LogP contribution is -2.47. The number of amides is 1. The second-order valence-corrected chi connectivity index (χ2v) is 5.21. The number of oxime groups is 1. The first-order chi connectivity index (χ1) is 11.5. The minimum absolute atomic E-state index is 0.0945. The van der Waals surface area contributed by atoms with Crippen LogP contribution in [0.25, 0.3) is 0 Å². The van der Waals surface area contributed by atoms with Gasteiger partial charge in [0.1, 0.15) is 0 Å². The maximum Gasteiger partial charge on any atom is 0.340 e. The van der Waals surface area contributed by atoms with Crippen LogP contribution in [0.1, 0.15) is 15.9 Å². The molecule has 0 bridgehead atoms. The molecule has 1 amide bonds. The molecule has 1 aliphatic rings. The third-order valence-electron chi connectivity index (χ3n) is 3.88. The second-order valence-electron chi connectivity index (χ2n) is 5.21. The van der Waals surface area contributed by atoms with Crippen molar-refractivity contribution in [1.29, 1.82) is 0 Å². The summed E-state index contributed by atoms with van der Waals surface area (Å²) >= 11 is 0. The van der Waals surface area contributed by atoms with Crippen LogP contribution in [0.15, 0.2) is 59.8 Å². The highest BCUT2D eigenvalue weighted by atomic mass is 19.1. The van der Waals surface area contributed by atoms with Gasteiger partial charge in [-0.3, -0.25) is 4.79 Å². The largest absolute Gasteiger partial charge is 0.431 e. The molecule has 0 radical (unpaired) electrons. The predicted octanol–water partition coefficient (Wildman–Crippen LogP) is 2.47. The first kappa shape index (κ1) is 15.7. The Kier molecular flexibility index (Phi) is 3.76. The van der Waals surface area contributed by atoms with E-state index in [2.05, 4.69) is 5.16 Å². The summed E-state index contributed by atoms with van der Waals surface area (Å²) in [6.07, 6.45) is 0. The fraction of sp³-hybridized carbons (Fsp3) is 0.118. The van der Waals surface area contributed by atoms with Crippen LogP contribution in [0.2, 0.25) is 0 Å². The van der Waals surface area contributed by atoms with Crippen LogP contribution < -0.4 is 4.90 Å². The summed E-state index contributed by atoms with van der Waals surface area (Å²) in [6.45, 7) is 0. The first-order valence-electron chi connectivity index (χ1n) is 7.06. The number of anilines is 1. The predicted molar refractivity (Wildman–Crippen MR) is 83.7 cm³/mol. The van der Waals surface area contributed by atoms with Gasteiger partial charge in [-0.15, -0.1) is 0 Å². The lowest BCUT2D eigenvalue weighted by atomic mass is 9.95. The van der Waals surface area contributed by atoms with E-state index in [0.717, 1.165) is 4.90 Å². The smallest absolute Gasteiger partial charge is 0.340 e. The van der Waals surface area contributed by atoms with E-state index in [9.17, 15) is 14.0 Å². The van der Waals surface area contributed by atoms with Crippen LogP contribution in [0.5, 0.6) is 0 Å². The zero-order valence-corrected chi connectivity index (χ0v) is 12.6. The summed E-state index contributed by atoms with van der Waals surface area (Å²) in [5.41, 5.74) is -1.84. The number of hydrogen-bond acceptors (Lipinski definition) is 5. The molecule has 7 heteroatoms. The van der Waals surface area contributed by atoms with Gasteiger partial charge in [0.15, 0.2) is 0 Å². The lowest BCUT2D eigenvalue weighted by Gasteiger charge is -2.24. The molecule has 1 heterocycles. The third kappa shape index (κ3) is 2.13. The van der Waals surface area contributed by atoms with Crippen LogP contribution in [-0.2, 0) is 15.1 Å². The number of carbonyl (C=O) groups excluding carboxylic acids is 2. The summed E-state index contributed by atoms with van der Waals surface area (Å²) in [4.78, 5) is 26.2. The number of nitrogens with zero attached hydrogens (tertiary/aromatic N) is 2. The molecule has 3 rings (SSSR count). The van der Waals surface area contributed by atoms with Crippen molar-refractivity contribution in [2.24, 2.45) is 5.16 Å². The van der Waals surface area contributed by atoms with Gasteiger partial charge >= 0.3 is 5.97 Å². The molecule has 1 atom stereocenters. The van der Waals surface area contributed by atoms with Crippen LogP contribution in [0.3, 0.4) is 0 Å². The highest BCUT2D eigenvalue weighted by Crippen LogP contribution is 2.43. The maximum absolute atomic E-state index is 14.4. The minimum Gasteiger partial charge on any atom is -0.431 e. The molecule has 0 spiro atoms. The van der Waals surface area contributed by atoms with E-state index in [-0.39, 0.29) is 11.1 Å². The Hall–Kier alpha value is -3.22. The van der Waals surface area contributed by atoms with Crippen LogP contribution in [-0.4, -0.2) is 30.1 Å². The van der Waals surface area contributed by atoms with Gasteiger partial charge < -0.3 is 14.8 Å². The summed E-state index contributed by atoms with van der Waals surface area (Å²) in [5.74, 6) is -3.27. The summed E-state index contributed by atoms with van der Waals surface area (Å²) in [6, 6.07) is 14.1. The molecule has 1 aliphatic heterocycles. The zero-order valence-electron chi connectivity index (χ0n) is 12.6. The number of halogens is 1. The Morgan fingerprint density at radius 1 is 1.17 bits per heavy atom. The van der Waals surface area contributed by atoms with Crippen molar-refractivity contribution >= 4 is 23.5 Å². The highest BCUT2D eigenvalue weighted by molar-refractivity contribution is 6.21. The molecule has 122 valence electrons. The van der Waals surface area contributed by atoms with Crippen molar-refractivity contribution in [3.63, 3.8) is 0 Å². The van der Waals surface area contributed by atoms with Gasteiger partial charge in [0.2, 0.25) is 0 Å². The molecule has 0 saturated carbocycles. The zero-order chi connectivity index (χ0) is 17.3. The number of para-hydroxylation sites is 1. The van der Waals surface area contributed by atoms with Gasteiger partial charge in [-0.1, -0.05) is 41.6 Å². The molecule has 1 unspecified atom stereocenters. The average molecular weight is 328 g/mol. The number of rotatable bonds is 3. The van der Waals surface area contributed by atoms with Crippen molar-refractivity contribution < 1.29 is 23.9 Å². The summed E-state index contributed by atoms with van der Waals surface area (Å²) < 4.78 is 19.7. The topological polar surface area (TPSA) is 79.2 Å². The fourth-order valence-electron chi connectivity index (χ4n) is 2.71. The number of ether oxygens (including phenoxy) is 1. The van der Waals surface area contributed by atoms with Gasteiger partial charge in [0, 0.05) is 12.6 Å². The Morgan fingerprint density at radius 2 is 1.79 bits per heavy atom. The maximum atomic E-state index is 14.4.